The number of nitrogens with zero attached hydrogens (tertiary/aromatic N) is 1. The van der Waals surface area contributed by atoms with Crippen LogP contribution in [0.3, 0.4) is 0 Å². The Kier molecular flexibility index (Phi) is 4.61. The largest absolute Gasteiger partial charge is 0.378 e. The van der Waals surface area contributed by atoms with E-state index in [1.165, 1.54) is 36.9 Å². The van der Waals surface area contributed by atoms with Crippen molar-refractivity contribution in [1.82, 2.24) is 5.43 Å². The molecule has 0 aliphatic heterocycles. The van der Waals surface area contributed by atoms with Crippen LogP contribution in [-0.4, -0.2) is 14.1 Å². The Balaban J connectivity index is 2.08. The lowest BCUT2D eigenvalue weighted by Gasteiger charge is -2.22. The highest BCUT2D eigenvalue weighted by Gasteiger charge is 2.20. The Morgan fingerprint density at radius 1 is 1.33 bits per heavy atom. The van der Waals surface area contributed by atoms with Crippen LogP contribution >= 0.6 is 0 Å². The van der Waals surface area contributed by atoms with Crippen molar-refractivity contribution >= 4 is 5.69 Å². The molecule has 0 spiro atoms. The van der Waals surface area contributed by atoms with Crippen LogP contribution in [0, 0.1) is 5.92 Å². The van der Waals surface area contributed by atoms with Gasteiger partial charge in [0.25, 0.3) is 0 Å². The molecule has 0 heterocycles. The molecular weight excluding hydrogens is 222 g/mol. The molecule has 0 radical (unpaired) electrons. The van der Waals surface area contributed by atoms with E-state index in [0.717, 1.165) is 12.3 Å². The fraction of sp³-hybridized carbons (Fsp3) is 0.600. The van der Waals surface area contributed by atoms with E-state index in [9.17, 15) is 0 Å². The normalized spacial score (nSPS) is 17.9. The first-order valence-electron chi connectivity index (χ1n) is 6.94. The van der Waals surface area contributed by atoms with E-state index in [4.69, 9.17) is 5.84 Å². The minimum absolute atomic E-state index is 0.285. The van der Waals surface area contributed by atoms with Crippen LogP contribution < -0.4 is 16.2 Å². The zero-order valence-electron chi connectivity index (χ0n) is 11.5. The summed E-state index contributed by atoms with van der Waals surface area (Å²) in [4.78, 5) is 2.13. The second-order valence-electron chi connectivity index (χ2n) is 5.59. The molecule has 2 rings (SSSR count). The van der Waals surface area contributed by atoms with Gasteiger partial charge in [-0.3, -0.25) is 11.3 Å². The van der Waals surface area contributed by atoms with Crippen molar-refractivity contribution in [1.29, 1.82) is 0 Å². The zero-order chi connectivity index (χ0) is 13.0. The lowest BCUT2D eigenvalue weighted by molar-refractivity contribution is 0.400. The molecule has 0 saturated heterocycles. The van der Waals surface area contributed by atoms with Gasteiger partial charge in [-0.2, -0.15) is 0 Å². The van der Waals surface area contributed by atoms with Crippen LogP contribution in [0.15, 0.2) is 24.3 Å². The van der Waals surface area contributed by atoms with Crippen LogP contribution in [0.25, 0.3) is 0 Å². The average Bonchev–Trinajstić information content (AvgIpc) is 2.89. The van der Waals surface area contributed by atoms with Crippen LogP contribution in [-0.2, 0) is 0 Å². The van der Waals surface area contributed by atoms with Gasteiger partial charge in [0, 0.05) is 25.8 Å². The topological polar surface area (TPSA) is 41.3 Å². The van der Waals surface area contributed by atoms with Gasteiger partial charge in [-0.05, 0) is 30.0 Å². The molecule has 100 valence electrons. The molecule has 1 aliphatic carbocycles. The number of hydrogen-bond donors (Lipinski definition) is 2. The van der Waals surface area contributed by atoms with E-state index in [-0.39, 0.29) is 6.04 Å². The third-order valence-electron chi connectivity index (χ3n) is 4.03. The fourth-order valence-electron chi connectivity index (χ4n) is 2.90. The average molecular weight is 247 g/mol. The number of nitrogens with one attached hydrogen (secondary N) is 1. The lowest BCUT2D eigenvalue weighted by Crippen LogP contribution is -2.29. The number of hydrogen-bond acceptors (Lipinski definition) is 3. The predicted molar refractivity (Wildman–Crippen MR) is 77.4 cm³/mol. The van der Waals surface area contributed by atoms with E-state index in [0.29, 0.717) is 0 Å². The third kappa shape index (κ3) is 3.24. The molecule has 1 aliphatic rings. The molecule has 0 bridgehead atoms. The first-order valence-corrected chi connectivity index (χ1v) is 6.94. The molecule has 1 unspecified atom stereocenters. The van der Waals surface area contributed by atoms with Crippen molar-refractivity contribution in [3.8, 4) is 0 Å². The van der Waals surface area contributed by atoms with Crippen molar-refractivity contribution in [2.24, 2.45) is 11.8 Å². The molecule has 3 nitrogen and oxygen atoms in total. The molecular formula is C15H25N3. The summed E-state index contributed by atoms with van der Waals surface area (Å²) in [6.45, 7) is 0. The van der Waals surface area contributed by atoms with Crippen molar-refractivity contribution < 1.29 is 0 Å². The van der Waals surface area contributed by atoms with Crippen molar-refractivity contribution in [3.63, 3.8) is 0 Å². The standard InChI is InChI=1S/C15H25N3/c1-18(2)14-9-5-8-13(11-14)15(17-16)10-12-6-3-4-7-12/h5,8-9,11-12,15,17H,3-4,6-7,10,16H2,1-2H3. The number of hydrazine groups is 1. The highest BCUT2D eigenvalue weighted by atomic mass is 15.2. The van der Waals surface area contributed by atoms with E-state index >= 15 is 0 Å². The molecule has 0 amide bonds. The summed E-state index contributed by atoms with van der Waals surface area (Å²) in [6.07, 6.45) is 6.67. The Labute approximate surface area is 110 Å². The van der Waals surface area contributed by atoms with Gasteiger partial charge in [0.05, 0.1) is 0 Å². The quantitative estimate of drug-likeness (QED) is 0.621. The summed E-state index contributed by atoms with van der Waals surface area (Å²) >= 11 is 0. The zero-order valence-corrected chi connectivity index (χ0v) is 11.5. The van der Waals surface area contributed by atoms with Gasteiger partial charge in [0.15, 0.2) is 0 Å². The first kappa shape index (κ1) is 13.4. The van der Waals surface area contributed by atoms with Gasteiger partial charge in [0.1, 0.15) is 0 Å². The fourth-order valence-corrected chi connectivity index (χ4v) is 2.90. The van der Waals surface area contributed by atoms with Crippen molar-refractivity contribution in [2.45, 2.75) is 38.1 Å². The van der Waals surface area contributed by atoms with E-state index in [1.807, 2.05) is 0 Å². The first-order chi connectivity index (χ1) is 8.70. The number of anilines is 1. The summed E-state index contributed by atoms with van der Waals surface area (Å²) in [7, 11) is 4.14. The summed E-state index contributed by atoms with van der Waals surface area (Å²) in [5, 5.41) is 0. The van der Waals surface area contributed by atoms with Gasteiger partial charge in [-0.15, -0.1) is 0 Å². The smallest absolute Gasteiger partial charge is 0.0463 e. The van der Waals surface area contributed by atoms with Gasteiger partial charge in [0.2, 0.25) is 0 Å². The molecule has 0 aromatic heterocycles. The number of nitrogens with two attached hydrogens (primary N) is 1. The van der Waals surface area contributed by atoms with E-state index in [1.54, 1.807) is 0 Å². The Morgan fingerprint density at radius 2 is 2.06 bits per heavy atom. The minimum Gasteiger partial charge on any atom is -0.378 e. The molecule has 1 aromatic rings. The second kappa shape index (κ2) is 6.21. The monoisotopic (exact) mass is 247 g/mol. The molecule has 1 atom stereocenters. The van der Waals surface area contributed by atoms with E-state index in [2.05, 4.69) is 48.7 Å². The maximum absolute atomic E-state index is 5.75. The van der Waals surface area contributed by atoms with Gasteiger partial charge in [-0.1, -0.05) is 37.8 Å². The SMILES string of the molecule is CN(C)c1cccc(C(CC2CCCC2)NN)c1. The molecule has 1 fully saturated rings. The van der Waals surface area contributed by atoms with Gasteiger partial charge < -0.3 is 4.90 Å². The highest BCUT2D eigenvalue weighted by molar-refractivity contribution is 5.47. The van der Waals surface area contributed by atoms with Crippen molar-refractivity contribution in [3.05, 3.63) is 29.8 Å². The summed E-state index contributed by atoms with van der Waals surface area (Å²) in [5.41, 5.74) is 5.53. The van der Waals surface area contributed by atoms with Crippen LogP contribution in [0.2, 0.25) is 0 Å². The predicted octanol–water partition coefficient (Wildman–Crippen LogP) is 2.84. The summed E-state index contributed by atoms with van der Waals surface area (Å²) < 4.78 is 0. The molecule has 3 N–H and O–H groups in total. The highest BCUT2D eigenvalue weighted by Crippen LogP contribution is 2.33. The Bertz CT molecular complexity index is 370. The minimum atomic E-state index is 0.285. The number of benzene rings is 1. The van der Waals surface area contributed by atoms with Crippen LogP contribution in [0.5, 0.6) is 0 Å². The third-order valence-corrected chi connectivity index (χ3v) is 4.03. The second-order valence-corrected chi connectivity index (χ2v) is 5.59. The molecule has 1 aromatic carbocycles. The summed E-state index contributed by atoms with van der Waals surface area (Å²) in [6, 6.07) is 8.94. The Hall–Kier alpha value is -1.06. The maximum Gasteiger partial charge on any atom is 0.0463 e. The summed E-state index contributed by atoms with van der Waals surface area (Å²) in [5.74, 6) is 6.59. The maximum atomic E-state index is 5.75. The van der Waals surface area contributed by atoms with Crippen molar-refractivity contribution in [2.75, 3.05) is 19.0 Å². The van der Waals surface area contributed by atoms with E-state index < -0.39 is 0 Å². The number of rotatable bonds is 5. The molecule has 1 saturated carbocycles. The van der Waals surface area contributed by atoms with Gasteiger partial charge in [-0.25, -0.2) is 0 Å². The molecule has 3 heteroatoms. The molecule has 18 heavy (non-hydrogen) atoms. The lowest BCUT2D eigenvalue weighted by atomic mass is 9.94. The Morgan fingerprint density at radius 3 is 2.67 bits per heavy atom. The van der Waals surface area contributed by atoms with Gasteiger partial charge >= 0.3 is 0 Å². The van der Waals surface area contributed by atoms with Crippen LogP contribution in [0.4, 0.5) is 5.69 Å². The van der Waals surface area contributed by atoms with Crippen LogP contribution in [0.1, 0.15) is 43.7 Å².